The number of thioether (sulfide) groups is 1. The van der Waals surface area contributed by atoms with E-state index in [1.807, 2.05) is 17.5 Å². The Morgan fingerprint density at radius 2 is 2.53 bits per heavy atom. The van der Waals surface area contributed by atoms with Crippen molar-refractivity contribution in [3.8, 4) is 10.8 Å². The van der Waals surface area contributed by atoms with Crippen LogP contribution in [-0.2, 0) is 15.3 Å². The third-order valence-electron chi connectivity index (χ3n) is 2.23. The molecule has 2 heterocycles. The van der Waals surface area contributed by atoms with Crippen LogP contribution in [0.25, 0.3) is 10.8 Å². The fourth-order valence-corrected chi connectivity index (χ4v) is 2.76. The first-order valence-electron chi connectivity index (χ1n) is 5.48. The molecule has 0 amide bonds. The highest BCUT2D eigenvalue weighted by molar-refractivity contribution is 7.98. The van der Waals surface area contributed by atoms with Gasteiger partial charge >= 0.3 is 5.97 Å². The van der Waals surface area contributed by atoms with Gasteiger partial charge in [-0.2, -0.15) is 16.7 Å². The fraction of sp³-hybridized carbons (Fsp3) is 0.364. The Morgan fingerprint density at radius 1 is 1.68 bits per heavy atom. The lowest BCUT2D eigenvalue weighted by Crippen LogP contribution is -2.33. The van der Waals surface area contributed by atoms with Crippen LogP contribution in [0.3, 0.4) is 0 Å². The van der Waals surface area contributed by atoms with Gasteiger partial charge in [-0.05, 0) is 11.4 Å². The molecule has 0 aliphatic carbocycles. The number of nitrogens with two attached hydrogens (primary N) is 1. The second-order valence-corrected chi connectivity index (χ2v) is 5.62. The predicted molar refractivity (Wildman–Crippen MR) is 73.8 cm³/mol. The molecule has 1 atom stereocenters. The monoisotopic (exact) mass is 299 g/mol. The largest absolute Gasteiger partial charge is 0.468 e. The molecule has 0 aliphatic heterocycles. The van der Waals surface area contributed by atoms with Gasteiger partial charge < -0.3 is 15.0 Å². The summed E-state index contributed by atoms with van der Waals surface area (Å²) in [6.45, 7) is 0. The molecule has 0 spiro atoms. The van der Waals surface area contributed by atoms with Crippen LogP contribution in [0, 0.1) is 0 Å². The molecular weight excluding hydrogens is 286 g/mol. The zero-order valence-corrected chi connectivity index (χ0v) is 11.9. The van der Waals surface area contributed by atoms with Crippen LogP contribution in [-0.4, -0.2) is 35.0 Å². The van der Waals surface area contributed by atoms with Crippen molar-refractivity contribution in [1.29, 1.82) is 0 Å². The van der Waals surface area contributed by atoms with Gasteiger partial charge in [0.05, 0.1) is 17.7 Å². The summed E-state index contributed by atoms with van der Waals surface area (Å²) in [7, 11) is 1.32. The summed E-state index contributed by atoms with van der Waals surface area (Å²) in [5.41, 5.74) is 5.62. The summed E-state index contributed by atoms with van der Waals surface area (Å²) in [5.74, 6) is 1.68. The van der Waals surface area contributed by atoms with E-state index < -0.39 is 12.0 Å². The van der Waals surface area contributed by atoms with Crippen LogP contribution >= 0.6 is 23.1 Å². The summed E-state index contributed by atoms with van der Waals surface area (Å²) in [6.07, 6.45) is 0. The molecule has 6 nitrogen and oxygen atoms in total. The number of methoxy groups -OCH3 is 1. The van der Waals surface area contributed by atoms with Crippen molar-refractivity contribution >= 4 is 29.1 Å². The van der Waals surface area contributed by atoms with Gasteiger partial charge in [0, 0.05) is 5.75 Å². The van der Waals surface area contributed by atoms with E-state index in [0.717, 1.165) is 4.88 Å². The van der Waals surface area contributed by atoms with Crippen LogP contribution in [0.4, 0.5) is 0 Å². The number of nitrogens with zero attached hydrogens (tertiary/aromatic N) is 2. The van der Waals surface area contributed by atoms with Gasteiger partial charge in [0.15, 0.2) is 5.82 Å². The van der Waals surface area contributed by atoms with Gasteiger partial charge in [-0.15, -0.1) is 11.3 Å². The smallest absolute Gasteiger partial charge is 0.323 e. The van der Waals surface area contributed by atoms with E-state index in [2.05, 4.69) is 14.9 Å². The van der Waals surface area contributed by atoms with Crippen molar-refractivity contribution in [3.05, 3.63) is 23.3 Å². The second kappa shape index (κ2) is 6.69. The third kappa shape index (κ3) is 3.79. The Labute approximate surface area is 118 Å². The van der Waals surface area contributed by atoms with Crippen LogP contribution < -0.4 is 5.73 Å². The number of carbonyl (C=O) groups excluding carboxylic acids is 1. The highest BCUT2D eigenvalue weighted by Crippen LogP contribution is 2.23. The van der Waals surface area contributed by atoms with Crippen molar-refractivity contribution in [3.63, 3.8) is 0 Å². The summed E-state index contributed by atoms with van der Waals surface area (Å²) in [6, 6.07) is 3.22. The molecule has 2 N–H and O–H groups in total. The predicted octanol–water partition coefficient (Wildman–Crippen LogP) is 1.53. The average Bonchev–Trinajstić information content (AvgIpc) is 3.07. The molecule has 19 heavy (non-hydrogen) atoms. The zero-order chi connectivity index (χ0) is 13.7. The number of rotatable bonds is 6. The first-order valence-corrected chi connectivity index (χ1v) is 7.51. The number of ether oxygens (including phenoxy) is 1. The zero-order valence-electron chi connectivity index (χ0n) is 10.2. The van der Waals surface area contributed by atoms with E-state index >= 15 is 0 Å². The lowest BCUT2D eigenvalue weighted by Gasteiger charge is -2.06. The number of aromatic nitrogens is 2. The van der Waals surface area contributed by atoms with E-state index in [4.69, 9.17) is 10.3 Å². The van der Waals surface area contributed by atoms with E-state index in [1.54, 1.807) is 11.3 Å². The molecule has 2 rings (SSSR count). The minimum Gasteiger partial charge on any atom is -0.468 e. The van der Waals surface area contributed by atoms with Crippen LogP contribution in [0.15, 0.2) is 22.0 Å². The molecule has 0 radical (unpaired) electrons. The quantitative estimate of drug-likeness (QED) is 0.809. The summed E-state index contributed by atoms with van der Waals surface area (Å²) >= 11 is 3.00. The Bertz CT molecular complexity index is 527. The Hall–Kier alpha value is -1.38. The summed E-state index contributed by atoms with van der Waals surface area (Å²) in [4.78, 5) is 16.3. The van der Waals surface area contributed by atoms with Gasteiger partial charge in [0.2, 0.25) is 0 Å². The normalized spacial score (nSPS) is 12.3. The van der Waals surface area contributed by atoms with E-state index in [9.17, 15) is 4.79 Å². The standard InChI is InChI=1S/C11H13N3O3S2/c1-16-11(15)7(12)5-18-6-9-13-10(17-14-9)8-3-2-4-19-8/h2-4,7H,5-6,12H2,1H3. The number of esters is 1. The lowest BCUT2D eigenvalue weighted by molar-refractivity contribution is -0.141. The van der Waals surface area contributed by atoms with Crippen LogP contribution in [0.1, 0.15) is 5.82 Å². The van der Waals surface area contributed by atoms with Gasteiger partial charge in [0.1, 0.15) is 6.04 Å². The first-order chi connectivity index (χ1) is 9.20. The molecule has 0 aromatic carbocycles. The molecule has 8 heteroatoms. The van der Waals surface area contributed by atoms with Crippen LogP contribution in [0.5, 0.6) is 0 Å². The van der Waals surface area contributed by atoms with Crippen molar-refractivity contribution in [2.24, 2.45) is 5.73 Å². The Morgan fingerprint density at radius 3 is 3.21 bits per heavy atom. The first kappa shape index (κ1) is 14.0. The highest BCUT2D eigenvalue weighted by Gasteiger charge is 2.15. The molecule has 0 bridgehead atoms. The maximum atomic E-state index is 11.1. The van der Waals surface area contributed by atoms with Crippen molar-refractivity contribution in [2.75, 3.05) is 12.9 Å². The van der Waals surface area contributed by atoms with Crippen molar-refractivity contribution in [1.82, 2.24) is 10.1 Å². The third-order valence-corrected chi connectivity index (χ3v) is 4.15. The molecule has 1 unspecified atom stereocenters. The van der Waals surface area contributed by atoms with Gasteiger partial charge in [0.25, 0.3) is 5.89 Å². The summed E-state index contributed by atoms with van der Waals surface area (Å²) < 4.78 is 9.69. The van der Waals surface area contributed by atoms with Gasteiger partial charge in [-0.25, -0.2) is 0 Å². The molecule has 0 aliphatic rings. The van der Waals surface area contributed by atoms with E-state index in [-0.39, 0.29) is 0 Å². The highest BCUT2D eigenvalue weighted by atomic mass is 32.2. The maximum absolute atomic E-state index is 11.1. The number of carbonyl (C=O) groups is 1. The SMILES string of the molecule is COC(=O)C(N)CSCc1noc(-c2cccs2)n1. The second-order valence-electron chi connectivity index (χ2n) is 3.64. The van der Waals surface area contributed by atoms with E-state index in [1.165, 1.54) is 18.9 Å². The van der Waals surface area contributed by atoms with Gasteiger partial charge in [-0.1, -0.05) is 11.2 Å². The Balaban J connectivity index is 1.83. The molecule has 2 aromatic rings. The minimum atomic E-state index is -0.626. The fourth-order valence-electron chi connectivity index (χ4n) is 1.31. The number of hydrogen-bond acceptors (Lipinski definition) is 8. The molecule has 0 saturated carbocycles. The molecule has 2 aromatic heterocycles. The minimum absolute atomic E-state index is 0.417. The van der Waals surface area contributed by atoms with Crippen molar-refractivity contribution < 1.29 is 14.1 Å². The van der Waals surface area contributed by atoms with Crippen molar-refractivity contribution in [2.45, 2.75) is 11.8 Å². The summed E-state index contributed by atoms with van der Waals surface area (Å²) in [5, 5.41) is 5.82. The molecule has 0 saturated heterocycles. The van der Waals surface area contributed by atoms with Gasteiger partial charge in [-0.3, -0.25) is 4.79 Å². The number of hydrogen-bond donors (Lipinski definition) is 1. The Kier molecular flexibility index (Phi) is 4.94. The number of thiophene rings is 1. The molecule has 102 valence electrons. The topological polar surface area (TPSA) is 91.2 Å². The lowest BCUT2D eigenvalue weighted by atomic mass is 10.4. The maximum Gasteiger partial charge on any atom is 0.323 e. The van der Waals surface area contributed by atoms with E-state index in [0.29, 0.717) is 23.2 Å². The molecule has 0 fully saturated rings. The van der Waals surface area contributed by atoms with Crippen LogP contribution in [0.2, 0.25) is 0 Å². The average molecular weight is 299 g/mol. The molecular formula is C11H13N3O3S2.